The smallest absolute Gasteiger partial charge is 0.0258 e. The van der Waals surface area contributed by atoms with Gasteiger partial charge in [0.1, 0.15) is 0 Å². The number of hydrogen-bond acceptors (Lipinski definition) is 2. The molecule has 0 aromatic carbocycles. The van der Waals surface area contributed by atoms with Crippen LogP contribution in [0.3, 0.4) is 0 Å². The first kappa shape index (κ1) is 8.97. The first-order valence-electron chi connectivity index (χ1n) is 4.44. The SMILES string of the molecule is CNCCC1CC[N]CCN1. The highest BCUT2D eigenvalue weighted by atomic mass is 15.0. The molecular weight excluding hydrogens is 138 g/mol. The molecule has 1 fully saturated rings. The third-order valence-electron chi connectivity index (χ3n) is 2.08. The molecule has 2 N–H and O–H groups in total. The highest BCUT2D eigenvalue weighted by Crippen LogP contribution is 1.98. The molecule has 1 atom stereocenters. The zero-order valence-corrected chi connectivity index (χ0v) is 7.27. The standard InChI is InChI=1S/C8H18N3/c1-9-4-2-8-3-5-10-6-7-11-8/h8-9,11H,2-7H2,1H3. The van der Waals surface area contributed by atoms with Crippen LogP contribution >= 0.6 is 0 Å². The Kier molecular flexibility index (Phi) is 4.50. The molecule has 3 nitrogen and oxygen atoms in total. The summed E-state index contributed by atoms with van der Waals surface area (Å²) in [5, 5.41) is 11.0. The highest BCUT2D eigenvalue weighted by molar-refractivity contribution is 4.72. The van der Waals surface area contributed by atoms with Gasteiger partial charge in [0.25, 0.3) is 0 Å². The number of rotatable bonds is 3. The van der Waals surface area contributed by atoms with Gasteiger partial charge in [0, 0.05) is 25.7 Å². The van der Waals surface area contributed by atoms with Crippen LogP contribution in [0, 0.1) is 0 Å². The molecule has 0 aromatic heterocycles. The quantitative estimate of drug-likeness (QED) is 0.581. The van der Waals surface area contributed by atoms with Gasteiger partial charge in [-0.2, -0.15) is 0 Å². The summed E-state index contributed by atoms with van der Waals surface area (Å²) in [5.41, 5.74) is 0. The zero-order chi connectivity index (χ0) is 7.94. The van der Waals surface area contributed by atoms with Crippen LogP contribution in [0.2, 0.25) is 0 Å². The fourth-order valence-electron chi connectivity index (χ4n) is 1.37. The first-order chi connectivity index (χ1) is 5.43. The van der Waals surface area contributed by atoms with E-state index in [0.717, 1.165) is 26.2 Å². The molecule has 0 spiro atoms. The van der Waals surface area contributed by atoms with Gasteiger partial charge in [0.15, 0.2) is 0 Å². The molecule has 1 heterocycles. The molecule has 1 radical (unpaired) electrons. The van der Waals surface area contributed by atoms with Gasteiger partial charge in [0.2, 0.25) is 0 Å². The summed E-state index contributed by atoms with van der Waals surface area (Å²) in [6, 6.07) is 0.689. The van der Waals surface area contributed by atoms with E-state index in [2.05, 4.69) is 16.0 Å². The van der Waals surface area contributed by atoms with Crippen molar-refractivity contribution in [2.24, 2.45) is 0 Å². The Hall–Kier alpha value is -0.120. The van der Waals surface area contributed by atoms with Crippen molar-refractivity contribution in [3.8, 4) is 0 Å². The maximum atomic E-state index is 4.35. The van der Waals surface area contributed by atoms with Gasteiger partial charge >= 0.3 is 0 Å². The molecular formula is C8H18N3. The van der Waals surface area contributed by atoms with Crippen molar-refractivity contribution in [1.29, 1.82) is 0 Å². The minimum absolute atomic E-state index is 0.689. The molecule has 0 saturated carbocycles. The van der Waals surface area contributed by atoms with E-state index in [0.29, 0.717) is 6.04 Å². The third-order valence-corrected chi connectivity index (χ3v) is 2.08. The second-order valence-electron chi connectivity index (χ2n) is 3.00. The lowest BCUT2D eigenvalue weighted by Crippen LogP contribution is -2.32. The summed E-state index contributed by atoms with van der Waals surface area (Å²) < 4.78 is 0. The number of hydrogen-bond donors (Lipinski definition) is 2. The molecule has 65 valence electrons. The van der Waals surface area contributed by atoms with Gasteiger partial charge < -0.3 is 10.6 Å². The van der Waals surface area contributed by atoms with Gasteiger partial charge in [-0.3, -0.25) is 0 Å². The molecule has 0 bridgehead atoms. The van der Waals surface area contributed by atoms with Crippen LogP contribution in [-0.4, -0.2) is 39.3 Å². The van der Waals surface area contributed by atoms with E-state index in [1.165, 1.54) is 12.8 Å². The molecule has 11 heavy (non-hydrogen) atoms. The molecule has 3 heteroatoms. The van der Waals surface area contributed by atoms with E-state index in [1.807, 2.05) is 7.05 Å². The predicted octanol–water partition coefficient (Wildman–Crippen LogP) is -0.438. The van der Waals surface area contributed by atoms with E-state index in [-0.39, 0.29) is 0 Å². The molecule has 1 saturated heterocycles. The van der Waals surface area contributed by atoms with E-state index >= 15 is 0 Å². The van der Waals surface area contributed by atoms with Crippen molar-refractivity contribution in [3.63, 3.8) is 0 Å². The number of nitrogens with zero attached hydrogens (tertiary/aromatic N) is 1. The molecule has 0 aliphatic carbocycles. The summed E-state index contributed by atoms with van der Waals surface area (Å²) in [7, 11) is 2.00. The van der Waals surface area contributed by atoms with Crippen LogP contribution in [0.15, 0.2) is 0 Å². The van der Waals surface area contributed by atoms with E-state index in [1.54, 1.807) is 0 Å². The van der Waals surface area contributed by atoms with Crippen LogP contribution in [-0.2, 0) is 0 Å². The highest BCUT2D eigenvalue weighted by Gasteiger charge is 2.09. The minimum Gasteiger partial charge on any atom is -0.320 e. The van der Waals surface area contributed by atoms with Gasteiger partial charge in [-0.15, -0.1) is 0 Å². The minimum atomic E-state index is 0.689. The fourth-order valence-corrected chi connectivity index (χ4v) is 1.37. The average molecular weight is 156 g/mol. The van der Waals surface area contributed by atoms with Gasteiger partial charge in [-0.25, -0.2) is 5.32 Å². The molecule has 1 rings (SSSR count). The Balaban J connectivity index is 2.09. The zero-order valence-electron chi connectivity index (χ0n) is 7.27. The van der Waals surface area contributed by atoms with E-state index < -0.39 is 0 Å². The van der Waals surface area contributed by atoms with Crippen LogP contribution in [0.25, 0.3) is 0 Å². The Labute approximate surface area is 68.9 Å². The van der Waals surface area contributed by atoms with Crippen molar-refractivity contribution < 1.29 is 0 Å². The Morgan fingerprint density at radius 1 is 1.55 bits per heavy atom. The van der Waals surface area contributed by atoms with Crippen molar-refractivity contribution in [2.75, 3.05) is 33.2 Å². The summed E-state index contributed by atoms with van der Waals surface area (Å²) in [5.74, 6) is 0. The van der Waals surface area contributed by atoms with Crippen molar-refractivity contribution in [2.45, 2.75) is 18.9 Å². The van der Waals surface area contributed by atoms with Crippen LogP contribution in [0.4, 0.5) is 0 Å². The van der Waals surface area contributed by atoms with Crippen LogP contribution in [0.5, 0.6) is 0 Å². The molecule has 1 unspecified atom stereocenters. The average Bonchev–Trinajstić information content (AvgIpc) is 2.28. The maximum Gasteiger partial charge on any atom is 0.0258 e. The van der Waals surface area contributed by atoms with Gasteiger partial charge in [-0.05, 0) is 26.4 Å². The lowest BCUT2D eigenvalue weighted by Gasteiger charge is -2.13. The normalized spacial score (nSPS) is 26.5. The third kappa shape index (κ3) is 3.70. The largest absolute Gasteiger partial charge is 0.320 e. The Morgan fingerprint density at radius 3 is 3.27 bits per heavy atom. The first-order valence-corrected chi connectivity index (χ1v) is 4.44. The van der Waals surface area contributed by atoms with E-state index in [4.69, 9.17) is 0 Å². The summed E-state index contributed by atoms with van der Waals surface area (Å²) in [6.45, 7) is 4.21. The summed E-state index contributed by atoms with van der Waals surface area (Å²) >= 11 is 0. The van der Waals surface area contributed by atoms with Gasteiger partial charge in [0.05, 0.1) is 0 Å². The second-order valence-corrected chi connectivity index (χ2v) is 3.00. The molecule has 0 amide bonds. The Bertz CT molecular complexity index is 87.3. The van der Waals surface area contributed by atoms with Crippen molar-refractivity contribution in [3.05, 3.63) is 0 Å². The second kappa shape index (κ2) is 5.52. The topological polar surface area (TPSA) is 38.2 Å². The molecule has 0 aromatic rings. The predicted molar refractivity (Wildman–Crippen MR) is 46.8 cm³/mol. The fraction of sp³-hybridized carbons (Fsp3) is 1.00. The van der Waals surface area contributed by atoms with Crippen molar-refractivity contribution >= 4 is 0 Å². The molecule has 1 aliphatic rings. The molecule has 1 aliphatic heterocycles. The van der Waals surface area contributed by atoms with Crippen molar-refractivity contribution in [1.82, 2.24) is 16.0 Å². The van der Waals surface area contributed by atoms with Crippen LogP contribution < -0.4 is 16.0 Å². The van der Waals surface area contributed by atoms with Gasteiger partial charge in [-0.1, -0.05) is 0 Å². The Morgan fingerprint density at radius 2 is 2.45 bits per heavy atom. The summed E-state index contributed by atoms with van der Waals surface area (Å²) in [4.78, 5) is 0. The lowest BCUT2D eigenvalue weighted by atomic mass is 10.1. The maximum absolute atomic E-state index is 4.35. The van der Waals surface area contributed by atoms with E-state index in [9.17, 15) is 0 Å². The monoisotopic (exact) mass is 156 g/mol. The number of nitrogens with one attached hydrogen (secondary N) is 2. The van der Waals surface area contributed by atoms with Crippen LogP contribution in [0.1, 0.15) is 12.8 Å². The summed E-state index contributed by atoms with van der Waals surface area (Å²) in [6.07, 6.45) is 2.44. The lowest BCUT2D eigenvalue weighted by molar-refractivity contribution is 0.480.